The third-order valence-corrected chi connectivity index (χ3v) is 3.98. The molecular formula is C19H26N2O4. The first-order valence-electron chi connectivity index (χ1n) is 8.73. The lowest BCUT2D eigenvalue weighted by Crippen LogP contribution is -2.51. The number of carbonyl (C=O) groups excluding carboxylic acids is 2. The van der Waals surface area contributed by atoms with Crippen LogP contribution in [-0.2, 0) is 9.53 Å². The Morgan fingerprint density at radius 3 is 2.68 bits per heavy atom. The Hall–Kier alpha value is -2.50. The zero-order valence-electron chi connectivity index (χ0n) is 14.8. The van der Waals surface area contributed by atoms with Crippen molar-refractivity contribution in [3.8, 4) is 5.75 Å². The average molecular weight is 346 g/mol. The summed E-state index contributed by atoms with van der Waals surface area (Å²) in [7, 11) is 0. The number of carbonyl (C=O) groups is 2. The Morgan fingerprint density at radius 1 is 1.20 bits per heavy atom. The van der Waals surface area contributed by atoms with E-state index in [1.54, 1.807) is 0 Å². The molecule has 1 aromatic carbocycles. The van der Waals surface area contributed by atoms with Crippen molar-refractivity contribution in [3.63, 3.8) is 0 Å². The second-order valence-electron chi connectivity index (χ2n) is 5.99. The number of benzene rings is 1. The molecule has 6 nitrogen and oxygen atoms in total. The van der Waals surface area contributed by atoms with Crippen molar-refractivity contribution >= 4 is 12.0 Å². The number of hydrogen-bond acceptors (Lipinski definition) is 4. The van der Waals surface area contributed by atoms with E-state index in [1.165, 1.54) is 0 Å². The Morgan fingerprint density at radius 2 is 1.96 bits per heavy atom. The zero-order valence-corrected chi connectivity index (χ0v) is 14.8. The van der Waals surface area contributed by atoms with Crippen LogP contribution in [0.1, 0.15) is 44.7 Å². The molecule has 0 aliphatic carbocycles. The van der Waals surface area contributed by atoms with E-state index in [0.29, 0.717) is 24.7 Å². The SMILES string of the molecule is C=C1NC(=O)N[C@@H](c2ccccc2OCCC)[C@@H]1C(=O)OCCCC. The van der Waals surface area contributed by atoms with Crippen molar-refractivity contribution in [2.75, 3.05) is 13.2 Å². The van der Waals surface area contributed by atoms with Crippen molar-refractivity contribution < 1.29 is 19.1 Å². The molecule has 1 heterocycles. The van der Waals surface area contributed by atoms with Gasteiger partial charge in [0, 0.05) is 11.3 Å². The fraction of sp³-hybridized carbons (Fsp3) is 0.474. The molecular weight excluding hydrogens is 320 g/mol. The van der Waals surface area contributed by atoms with Crippen LogP contribution in [0.4, 0.5) is 4.79 Å². The van der Waals surface area contributed by atoms with Crippen LogP contribution in [0.3, 0.4) is 0 Å². The summed E-state index contributed by atoms with van der Waals surface area (Å²) in [5.74, 6) is -0.460. The molecule has 0 radical (unpaired) electrons. The predicted octanol–water partition coefficient (Wildman–Crippen LogP) is 3.30. The van der Waals surface area contributed by atoms with Crippen LogP contribution in [0.5, 0.6) is 5.75 Å². The molecule has 136 valence electrons. The summed E-state index contributed by atoms with van der Waals surface area (Å²) < 4.78 is 11.2. The van der Waals surface area contributed by atoms with E-state index in [0.717, 1.165) is 24.8 Å². The molecule has 0 unspecified atom stereocenters. The topological polar surface area (TPSA) is 76.7 Å². The summed E-state index contributed by atoms with van der Waals surface area (Å²) >= 11 is 0. The van der Waals surface area contributed by atoms with Gasteiger partial charge >= 0.3 is 12.0 Å². The first-order chi connectivity index (χ1) is 12.1. The van der Waals surface area contributed by atoms with E-state index >= 15 is 0 Å². The molecule has 6 heteroatoms. The van der Waals surface area contributed by atoms with E-state index in [9.17, 15) is 9.59 Å². The third-order valence-electron chi connectivity index (χ3n) is 3.98. The largest absolute Gasteiger partial charge is 0.493 e. The predicted molar refractivity (Wildman–Crippen MR) is 95.1 cm³/mol. The molecule has 2 atom stereocenters. The number of esters is 1. The fourth-order valence-electron chi connectivity index (χ4n) is 2.71. The summed E-state index contributed by atoms with van der Waals surface area (Å²) in [5.41, 5.74) is 1.07. The van der Waals surface area contributed by atoms with Gasteiger partial charge in [-0.25, -0.2) is 4.79 Å². The number of ether oxygens (including phenoxy) is 2. The van der Waals surface area contributed by atoms with E-state index in [1.807, 2.05) is 38.1 Å². The van der Waals surface area contributed by atoms with Gasteiger partial charge in [-0.1, -0.05) is 45.0 Å². The number of urea groups is 1. The minimum Gasteiger partial charge on any atom is -0.493 e. The lowest BCUT2D eigenvalue weighted by molar-refractivity contribution is -0.148. The van der Waals surface area contributed by atoms with Crippen LogP contribution in [0.25, 0.3) is 0 Å². The molecule has 1 aromatic rings. The highest BCUT2D eigenvalue weighted by Gasteiger charge is 2.40. The average Bonchev–Trinajstić information content (AvgIpc) is 2.59. The second kappa shape index (κ2) is 9.11. The number of hydrogen-bond donors (Lipinski definition) is 2. The maximum atomic E-state index is 12.6. The van der Waals surface area contributed by atoms with Gasteiger partial charge in [-0.15, -0.1) is 0 Å². The van der Waals surface area contributed by atoms with Crippen molar-refractivity contribution in [2.45, 2.75) is 39.2 Å². The first-order valence-corrected chi connectivity index (χ1v) is 8.73. The minimum atomic E-state index is -0.707. The van der Waals surface area contributed by atoms with Gasteiger partial charge in [0.05, 0.1) is 19.3 Å². The molecule has 0 aromatic heterocycles. The maximum Gasteiger partial charge on any atom is 0.319 e. The lowest BCUT2D eigenvalue weighted by Gasteiger charge is -2.34. The summed E-state index contributed by atoms with van der Waals surface area (Å²) in [5, 5.41) is 5.39. The molecule has 2 N–H and O–H groups in total. The summed E-state index contributed by atoms with van der Waals surface area (Å²) in [6.45, 7) is 8.81. The summed E-state index contributed by atoms with van der Waals surface area (Å²) in [6.07, 6.45) is 2.60. The molecule has 1 aliphatic rings. The van der Waals surface area contributed by atoms with Crippen molar-refractivity contribution in [1.29, 1.82) is 0 Å². The maximum absolute atomic E-state index is 12.6. The quantitative estimate of drug-likeness (QED) is 0.559. The lowest BCUT2D eigenvalue weighted by atomic mass is 9.88. The van der Waals surface area contributed by atoms with E-state index in [-0.39, 0.29) is 0 Å². The van der Waals surface area contributed by atoms with Gasteiger partial charge in [0.15, 0.2) is 0 Å². The van der Waals surface area contributed by atoms with Gasteiger partial charge in [0.25, 0.3) is 0 Å². The normalized spacial score (nSPS) is 19.8. The minimum absolute atomic E-state index is 0.334. The molecule has 2 rings (SSSR count). The summed E-state index contributed by atoms with van der Waals surface area (Å²) in [4.78, 5) is 24.5. The van der Waals surface area contributed by atoms with Crippen LogP contribution >= 0.6 is 0 Å². The van der Waals surface area contributed by atoms with Gasteiger partial charge in [-0.2, -0.15) is 0 Å². The molecule has 25 heavy (non-hydrogen) atoms. The van der Waals surface area contributed by atoms with Crippen molar-refractivity contribution in [1.82, 2.24) is 10.6 Å². The van der Waals surface area contributed by atoms with Crippen molar-refractivity contribution in [3.05, 3.63) is 42.1 Å². The van der Waals surface area contributed by atoms with Crippen LogP contribution < -0.4 is 15.4 Å². The monoisotopic (exact) mass is 346 g/mol. The Kier molecular flexibility index (Phi) is 6.86. The molecule has 1 saturated heterocycles. The van der Waals surface area contributed by atoms with Crippen LogP contribution in [0.15, 0.2) is 36.5 Å². The zero-order chi connectivity index (χ0) is 18.2. The summed E-state index contributed by atoms with van der Waals surface area (Å²) in [6, 6.07) is 6.43. The first kappa shape index (κ1) is 18.8. The van der Waals surface area contributed by atoms with Gasteiger partial charge in [0.2, 0.25) is 0 Å². The Bertz CT molecular complexity index is 630. The van der Waals surface area contributed by atoms with E-state index in [2.05, 4.69) is 17.2 Å². The highest BCUT2D eigenvalue weighted by molar-refractivity contribution is 5.85. The Labute approximate surface area is 148 Å². The van der Waals surface area contributed by atoms with Gasteiger partial charge < -0.3 is 20.1 Å². The smallest absolute Gasteiger partial charge is 0.319 e. The molecule has 0 bridgehead atoms. The number of para-hydroxylation sites is 1. The molecule has 1 aliphatic heterocycles. The van der Waals surface area contributed by atoms with Crippen LogP contribution in [-0.4, -0.2) is 25.2 Å². The number of nitrogens with one attached hydrogen (secondary N) is 2. The molecule has 1 fully saturated rings. The number of unbranched alkanes of at least 4 members (excludes halogenated alkanes) is 1. The second-order valence-corrected chi connectivity index (χ2v) is 5.99. The fourth-order valence-corrected chi connectivity index (χ4v) is 2.71. The van der Waals surface area contributed by atoms with E-state index in [4.69, 9.17) is 9.47 Å². The molecule has 2 amide bonds. The van der Waals surface area contributed by atoms with E-state index < -0.39 is 24.0 Å². The van der Waals surface area contributed by atoms with Crippen molar-refractivity contribution in [2.24, 2.45) is 5.92 Å². The molecule has 0 spiro atoms. The number of amides is 2. The highest BCUT2D eigenvalue weighted by Crippen LogP contribution is 2.35. The van der Waals surface area contributed by atoms with Gasteiger partial charge in [0.1, 0.15) is 11.7 Å². The van der Waals surface area contributed by atoms with Crippen LogP contribution in [0, 0.1) is 5.92 Å². The highest BCUT2D eigenvalue weighted by atomic mass is 16.5. The van der Waals surface area contributed by atoms with Gasteiger partial charge in [-0.05, 0) is 18.9 Å². The standard InChI is InChI=1S/C19H26N2O4/c1-4-6-12-25-18(22)16-13(3)20-19(23)21-17(16)14-9-7-8-10-15(14)24-11-5-2/h7-10,16-17H,3-6,11-12H2,1-2H3,(H2,20,21,23)/t16-,17+/m1/s1. The third kappa shape index (κ3) is 4.75. The Balaban J connectivity index is 2.29. The van der Waals surface area contributed by atoms with Crippen LogP contribution in [0.2, 0.25) is 0 Å². The number of rotatable bonds is 8. The van der Waals surface area contributed by atoms with Gasteiger partial charge in [-0.3, -0.25) is 4.79 Å². The molecule has 0 saturated carbocycles.